The maximum Gasteiger partial charge on any atom is 0.236 e. The highest BCUT2D eigenvalue weighted by Crippen LogP contribution is 2.29. The standard InChI is InChI=1S/C10H15NO2S/c1-7-10(13)11(6-9(12)14-7)8-4-2-3-5-8/h7-8H,2-6H2,1H3. The normalized spacial score (nSPS) is 30.1. The van der Waals surface area contributed by atoms with Crippen LogP contribution in [0.5, 0.6) is 0 Å². The first-order chi connectivity index (χ1) is 6.68. The molecule has 0 N–H and O–H groups in total. The lowest BCUT2D eigenvalue weighted by molar-refractivity contribution is -0.136. The summed E-state index contributed by atoms with van der Waals surface area (Å²) in [5.41, 5.74) is 0. The third-order valence-corrected chi connectivity index (χ3v) is 3.95. The molecule has 0 aromatic carbocycles. The molecule has 1 heterocycles. The predicted octanol–water partition coefficient (Wildman–Crippen LogP) is 1.42. The molecule has 0 spiro atoms. The Balaban J connectivity index is 2.08. The lowest BCUT2D eigenvalue weighted by atomic mass is 10.2. The van der Waals surface area contributed by atoms with Crippen LogP contribution in [0.3, 0.4) is 0 Å². The monoisotopic (exact) mass is 213 g/mol. The average molecular weight is 213 g/mol. The molecule has 4 heteroatoms. The first-order valence-electron chi connectivity index (χ1n) is 5.18. The van der Waals surface area contributed by atoms with E-state index in [2.05, 4.69) is 0 Å². The van der Waals surface area contributed by atoms with Gasteiger partial charge in [0.05, 0.1) is 11.8 Å². The number of rotatable bonds is 1. The van der Waals surface area contributed by atoms with Gasteiger partial charge in [-0.15, -0.1) is 0 Å². The van der Waals surface area contributed by atoms with E-state index in [1.165, 1.54) is 24.6 Å². The Hall–Kier alpha value is -0.510. The minimum atomic E-state index is -0.170. The van der Waals surface area contributed by atoms with Crippen LogP contribution in [0, 0.1) is 0 Å². The number of carbonyl (C=O) groups is 2. The van der Waals surface area contributed by atoms with E-state index in [4.69, 9.17) is 0 Å². The zero-order valence-electron chi connectivity index (χ0n) is 8.36. The summed E-state index contributed by atoms with van der Waals surface area (Å²) in [5.74, 6) is 0.154. The Kier molecular flexibility index (Phi) is 2.81. The molecule has 1 saturated carbocycles. The first kappa shape index (κ1) is 10.0. The SMILES string of the molecule is CC1SC(=O)CN(C2CCCC2)C1=O. The van der Waals surface area contributed by atoms with Crippen molar-refractivity contribution in [2.24, 2.45) is 0 Å². The van der Waals surface area contributed by atoms with Gasteiger partial charge in [-0.1, -0.05) is 24.6 Å². The lowest BCUT2D eigenvalue weighted by Gasteiger charge is -2.33. The molecule has 3 nitrogen and oxygen atoms in total. The van der Waals surface area contributed by atoms with Crippen molar-refractivity contribution in [2.75, 3.05) is 6.54 Å². The van der Waals surface area contributed by atoms with Crippen molar-refractivity contribution in [2.45, 2.75) is 43.9 Å². The second-order valence-corrected chi connectivity index (χ2v) is 5.43. The van der Waals surface area contributed by atoms with Crippen LogP contribution in [0.2, 0.25) is 0 Å². The van der Waals surface area contributed by atoms with Crippen molar-refractivity contribution >= 4 is 22.8 Å². The average Bonchev–Trinajstić information content (AvgIpc) is 2.63. The molecule has 1 aliphatic heterocycles. The Morgan fingerprint density at radius 3 is 2.57 bits per heavy atom. The molecule has 2 fully saturated rings. The highest BCUT2D eigenvalue weighted by atomic mass is 32.2. The lowest BCUT2D eigenvalue weighted by Crippen LogP contribution is -2.49. The number of nitrogens with zero attached hydrogens (tertiary/aromatic N) is 1. The van der Waals surface area contributed by atoms with E-state index >= 15 is 0 Å². The van der Waals surface area contributed by atoms with E-state index in [-0.39, 0.29) is 16.3 Å². The number of carbonyl (C=O) groups excluding carboxylic acids is 2. The molecule has 0 radical (unpaired) electrons. The molecule has 1 amide bonds. The maximum atomic E-state index is 11.8. The first-order valence-corrected chi connectivity index (χ1v) is 6.06. The fraction of sp³-hybridized carbons (Fsp3) is 0.800. The fourth-order valence-corrected chi connectivity index (χ4v) is 3.10. The van der Waals surface area contributed by atoms with Crippen LogP contribution < -0.4 is 0 Å². The molecule has 0 bridgehead atoms. The van der Waals surface area contributed by atoms with Crippen molar-refractivity contribution in [3.05, 3.63) is 0 Å². The Morgan fingerprint density at radius 2 is 1.93 bits per heavy atom. The van der Waals surface area contributed by atoms with E-state index in [0.717, 1.165) is 12.8 Å². The second-order valence-electron chi connectivity index (χ2n) is 4.04. The largest absolute Gasteiger partial charge is 0.330 e. The minimum absolute atomic E-state index is 0.143. The predicted molar refractivity (Wildman–Crippen MR) is 56.0 cm³/mol. The van der Waals surface area contributed by atoms with Crippen LogP contribution in [0.4, 0.5) is 0 Å². The quantitative estimate of drug-likeness (QED) is 0.661. The van der Waals surface area contributed by atoms with E-state index in [1.54, 1.807) is 4.90 Å². The smallest absolute Gasteiger partial charge is 0.236 e. The van der Waals surface area contributed by atoms with Gasteiger partial charge in [0.2, 0.25) is 11.0 Å². The molecule has 1 unspecified atom stereocenters. The summed E-state index contributed by atoms with van der Waals surface area (Å²) in [5, 5.41) is -0.0270. The van der Waals surface area contributed by atoms with Gasteiger partial charge in [-0.3, -0.25) is 9.59 Å². The molecule has 78 valence electrons. The number of amides is 1. The van der Waals surface area contributed by atoms with Crippen molar-refractivity contribution in [3.63, 3.8) is 0 Å². The topological polar surface area (TPSA) is 37.4 Å². The van der Waals surface area contributed by atoms with Gasteiger partial charge in [0.25, 0.3) is 0 Å². The molecule has 1 aliphatic carbocycles. The second kappa shape index (κ2) is 3.93. The third-order valence-electron chi connectivity index (χ3n) is 3.00. The molecule has 1 saturated heterocycles. The van der Waals surface area contributed by atoms with Gasteiger partial charge >= 0.3 is 0 Å². The Morgan fingerprint density at radius 1 is 1.29 bits per heavy atom. The van der Waals surface area contributed by atoms with Crippen LogP contribution >= 0.6 is 11.8 Å². The molecular formula is C10H15NO2S. The van der Waals surface area contributed by atoms with E-state index < -0.39 is 0 Å². The molecule has 2 rings (SSSR count). The minimum Gasteiger partial charge on any atom is -0.330 e. The van der Waals surface area contributed by atoms with Crippen LogP contribution in [0.15, 0.2) is 0 Å². The van der Waals surface area contributed by atoms with Crippen LogP contribution in [-0.4, -0.2) is 33.8 Å². The summed E-state index contributed by atoms with van der Waals surface area (Å²) in [7, 11) is 0. The maximum absolute atomic E-state index is 11.8. The summed E-state index contributed by atoms with van der Waals surface area (Å²) >= 11 is 1.18. The number of hydrogen-bond donors (Lipinski definition) is 0. The third kappa shape index (κ3) is 1.80. The molecular weight excluding hydrogens is 198 g/mol. The molecule has 0 aromatic rings. The summed E-state index contributed by atoms with van der Waals surface area (Å²) in [6, 6.07) is 0.342. The van der Waals surface area contributed by atoms with Crippen LogP contribution in [0.1, 0.15) is 32.6 Å². The number of thioether (sulfide) groups is 1. The van der Waals surface area contributed by atoms with Crippen molar-refractivity contribution < 1.29 is 9.59 Å². The van der Waals surface area contributed by atoms with E-state index in [1.807, 2.05) is 6.92 Å². The molecule has 2 aliphatic rings. The highest BCUT2D eigenvalue weighted by Gasteiger charge is 2.35. The van der Waals surface area contributed by atoms with Crippen molar-refractivity contribution in [1.29, 1.82) is 0 Å². The van der Waals surface area contributed by atoms with Gasteiger partial charge in [-0.2, -0.15) is 0 Å². The van der Waals surface area contributed by atoms with E-state index in [9.17, 15) is 9.59 Å². The van der Waals surface area contributed by atoms with Gasteiger partial charge in [-0.05, 0) is 19.8 Å². The molecule has 14 heavy (non-hydrogen) atoms. The van der Waals surface area contributed by atoms with Crippen LogP contribution in [-0.2, 0) is 9.59 Å². The Bertz CT molecular complexity index is 261. The van der Waals surface area contributed by atoms with Crippen molar-refractivity contribution in [1.82, 2.24) is 4.90 Å². The van der Waals surface area contributed by atoms with Gasteiger partial charge < -0.3 is 4.90 Å². The summed E-state index contributed by atoms with van der Waals surface area (Å²) in [4.78, 5) is 25.0. The highest BCUT2D eigenvalue weighted by molar-refractivity contribution is 8.14. The zero-order valence-corrected chi connectivity index (χ0v) is 9.18. The number of hydrogen-bond acceptors (Lipinski definition) is 3. The van der Waals surface area contributed by atoms with Crippen LogP contribution in [0.25, 0.3) is 0 Å². The molecule has 0 aromatic heterocycles. The Labute approximate surface area is 88.2 Å². The zero-order chi connectivity index (χ0) is 10.1. The molecule has 1 atom stereocenters. The van der Waals surface area contributed by atoms with Crippen molar-refractivity contribution in [3.8, 4) is 0 Å². The summed E-state index contributed by atoms with van der Waals surface area (Å²) < 4.78 is 0. The van der Waals surface area contributed by atoms with E-state index in [0.29, 0.717) is 12.6 Å². The summed E-state index contributed by atoms with van der Waals surface area (Å²) in [6.07, 6.45) is 4.56. The van der Waals surface area contributed by atoms with Gasteiger partial charge in [0, 0.05) is 6.04 Å². The van der Waals surface area contributed by atoms with Gasteiger partial charge in [0.15, 0.2) is 0 Å². The fourth-order valence-electron chi connectivity index (χ4n) is 2.26. The van der Waals surface area contributed by atoms with Gasteiger partial charge in [-0.25, -0.2) is 0 Å². The summed E-state index contributed by atoms with van der Waals surface area (Å²) in [6.45, 7) is 2.16. The van der Waals surface area contributed by atoms with Gasteiger partial charge in [0.1, 0.15) is 0 Å².